The topological polar surface area (TPSA) is 88.1 Å². The second kappa shape index (κ2) is 10.6. The van der Waals surface area contributed by atoms with E-state index in [1.807, 2.05) is 39.0 Å². The van der Waals surface area contributed by atoms with E-state index in [9.17, 15) is 9.59 Å². The van der Waals surface area contributed by atoms with E-state index in [0.29, 0.717) is 36.7 Å². The minimum Gasteiger partial charge on any atom is -0.444 e. The molecule has 0 radical (unpaired) electrons. The van der Waals surface area contributed by atoms with Crippen molar-refractivity contribution in [3.8, 4) is 5.75 Å². The fraction of sp³-hybridized carbons (Fsp3) is 0.520. The van der Waals surface area contributed by atoms with Crippen molar-refractivity contribution >= 4 is 23.3 Å². The minimum atomic E-state index is -0.530. The first-order valence-corrected chi connectivity index (χ1v) is 12.3. The van der Waals surface area contributed by atoms with E-state index in [1.165, 1.54) is 16.9 Å². The van der Waals surface area contributed by atoms with E-state index in [1.54, 1.807) is 4.90 Å². The van der Waals surface area contributed by atoms with Crippen molar-refractivity contribution in [3.63, 3.8) is 0 Å². The van der Waals surface area contributed by atoms with Gasteiger partial charge in [-0.25, -0.2) is 10.1 Å². The molecule has 0 aliphatic carbocycles. The largest absolute Gasteiger partial charge is 0.444 e. The third kappa shape index (κ3) is 6.26. The van der Waals surface area contributed by atoms with Crippen molar-refractivity contribution in [2.75, 3.05) is 13.1 Å². The lowest BCUT2D eigenvalue weighted by Gasteiger charge is -2.29. The van der Waals surface area contributed by atoms with Crippen LogP contribution in [0.2, 0.25) is 0 Å². The predicted octanol–water partition coefficient (Wildman–Crippen LogP) is 4.99. The maximum Gasteiger partial charge on any atom is 0.410 e. The van der Waals surface area contributed by atoms with E-state index >= 15 is 0 Å². The summed E-state index contributed by atoms with van der Waals surface area (Å²) in [6.45, 7) is 11.3. The van der Waals surface area contributed by atoms with Gasteiger partial charge in [-0.05, 0) is 86.9 Å². The third-order valence-corrected chi connectivity index (χ3v) is 6.91. The summed E-state index contributed by atoms with van der Waals surface area (Å²) < 4.78 is 5.48. The van der Waals surface area contributed by atoms with Gasteiger partial charge in [0.05, 0.1) is 11.4 Å². The van der Waals surface area contributed by atoms with Gasteiger partial charge in [0, 0.05) is 18.0 Å². The quantitative estimate of drug-likeness (QED) is 0.436. The van der Waals surface area contributed by atoms with E-state index in [-0.39, 0.29) is 12.0 Å². The lowest BCUT2D eigenvalue weighted by molar-refractivity contribution is -0.137. The molecule has 7 nitrogen and oxygen atoms in total. The molecule has 1 aromatic carbocycles. The van der Waals surface area contributed by atoms with E-state index in [0.717, 1.165) is 40.8 Å². The number of carbonyl (C=O) groups excluding carboxylic acids is 2. The molecule has 0 bridgehead atoms. The van der Waals surface area contributed by atoms with Crippen LogP contribution in [0.4, 0.5) is 4.79 Å². The molecule has 3 rings (SSSR count). The summed E-state index contributed by atoms with van der Waals surface area (Å²) in [7, 11) is 0. The maximum absolute atomic E-state index is 12.8. The average molecular weight is 475 g/mol. The second-order valence-electron chi connectivity index (χ2n) is 9.24. The number of amides is 2. The molecule has 0 unspecified atom stereocenters. The van der Waals surface area contributed by atoms with Crippen LogP contribution in [0, 0.1) is 0 Å². The summed E-state index contributed by atoms with van der Waals surface area (Å²) in [5, 5.41) is 12.1. The van der Waals surface area contributed by atoms with Gasteiger partial charge in [-0.15, -0.1) is 11.3 Å². The van der Waals surface area contributed by atoms with E-state index < -0.39 is 5.60 Å². The summed E-state index contributed by atoms with van der Waals surface area (Å²) in [6, 6.07) is 5.59. The van der Waals surface area contributed by atoms with Crippen molar-refractivity contribution in [2.24, 2.45) is 0 Å². The van der Waals surface area contributed by atoms with Gasteiger partial charge in [0.1, 0.15) is 5.60 Å². The van der Waals surface area contributed by atoms with Crippen LogP contribution < -0.4 is 10.2 Å². The molecule has 0 saturated heterocycles. The minimum absolute atomic E-state index is 0.0929. The summed E-state index contributed by atoms with van der Waals surface area (Å²) in [4.78, 5) is 33.2. The number of nitrogens with one attached hydrogen (secondary N) is 1. The molecule has 2 aromatic rings. The summed E-state index contributed by atoms with van der Waals surface area (Å²) >= 11 is 1.50. The molecule has 0 spiro atoms. The number of benzene rings is 1. The fourth-order valence-corrected chi connectivity index (χ4v) is 5.17. The zero-order chi connectivity index (χ0) is 24.2. The highest BCUT2D eigenvalue weighted by atomic mass is 32.1. The molecule has 1 aliphatic heterocycles. The zero-order valence-electron chi connectivity index (χ0n) is 20.1. The monoisotopic (exact) mass is 474 g/mol. The normalized spacial score (nSPS) is 13.5. The average Bonchev–Trinajstić information content (AvgIpc) is 3.21. The van der Waals surface area contributed by atoms with Crippen molar-refractivity contribution in [2.45, 2.75) is 72.4 Å². The molecule has 180 valence electrons. The van der Waals surface area contributed by atoms with E-state index in [2.05, 4.69) is 24.1 Å². The standard InChI is InChI=1S/C25H34N2O5S/c1-6-16-12-19(32-30)13-17(7-2)20(16)8-10-26-23(28)22-14-18-15-27(11-9-21(18)33-22)24(29)31-25(3,4)5/h12-14,30H,6-11,15H2,1-5H3,(H,26,28). The lowest BCUT2D eigenvalue weighted by atomic mass is 9.94. The number of thiophene rings is 1. The molecule has 1 aromatic heterocycles. The Balaban J connectivity index is 1.62. The van der Waals surface area contributed by atoms with Crippen LogP contribution in [-0.2, 0) is 37.0 Å². The smallest absolute Gasteiger partial charge is 0.410 e. The SMILES string of the molecule is CCc1cc(OO)cc(CC)c1CCNC(=O)c1cc2c(s1)CCN(C(=O)OC(C)(C)C)C2. The highest BCUT2D eigenvalue weighted by molar-refractivity contribution is 7.14. The molecule has 0 saturated carbocycles. The molecule has 8 heteroatoms. The molecule has 2 amide bonds. The van der Waals surface area contributed by atoms with Crippen LogP contribution >= 0.6 is 11.3 Å². The molecule has 33 heavy (non-hydrogen) atoms. The number of carbonyl (C=O) groups is 2. The van der Waals surface area contributed by atoms with Gasteiger partial charge >= 0.3 is 6.09 Å². The Morgan fingerprint density at radius 1 is 1.15 bits per heavy atom. The lowest BCUT2D eigenvalue weighted by Crippen LogP contribution is -2.39. The van der Waals surface area contributed by atoms with E-state index in [4.69, 9.17) is 9.99 Å². The molecule has 0 atom stereocenters. The Hall–Kier alpha value is -2.58. The first kappa shape index (κ1) is 25.1. The zero-order valence-corrected chi connectivity index (χ0v) is 20.9. The number of rotatable bonds is 7. The van der Waals surface area contributed by atoms with Crippen LogP contribution in [0.3, 0.4) is 0 Å². The van der Waals surface area contributed by atoms with Gasteiger partial charge in [-0.3, -0.25) is 4.79 Å². The highest BCUT2D eigenvalue weighted by Crippen LogP contribution is 2.29. The van der Waals surface area contributed by atoms with Crippen LogP contribution in [0.25, 0.3) is 0 Å². The van der Waals surface area contributed by atoms with Gasteiger partial charge in [0.15, 0.2) is 5.75 Å². The first-order chi connectivity index (χ1) is 15.6. The van der Waals surface area contributed by atoms with Crippen LogP contribution in [-0.4, -0.2) is 40.8 Å². The molecule has 2 N–H and O–H groups in total. The Kier molecular flexibility index (Phi) is 8.02. The number of hydrogen-bond acceptors (Lipinski definition) is 6. The van der Waals surface area contributed by atoms with Gasteiger partial charge in [0.25, 0.3) is 5.91 Å². The second-order valence-corrected chi connectivity index (χ2v) is 10.4. The molecule has 1 aliphatic rings. The number of fused-ring (bicyclic) bond motifs is 1. The van der Waals surface area contributed by atoms with Crippen LogP contribution in [0.15, 0.2) is 18.2 Å². The predicted molar refractivity (Wildman–Crippen MR) is 129 cm³/mol. The fourth-order valence-electron chi connectivity index (χ4n) is 4.09. The van der Waals surface area contributed by atoms with Gasteiger partial charge in [-0.2, -0.15) is 0 Å². The first-order valence-electron chi connectivity index (χ1n) is 11.5. The Morgan fingerprint density at radius 2 is 1.82 bits per heavy atom. The molecular weight excluding hydrogens is 440 g/mol. The Morgan fingerprint density at radius 3 is 2.39 bits per heavy atom. The van der Waals surface area contributed by atoms with Crippen molar-refractivity contribution < 1.29 is 24.5 Å². The Bertz CT molecular complexity index is 984. The molecular formula is C25H34N2O5S. The van der Waals surface area contributed by atoms with Crippen LogP contribution in [0.1, 0.15) is 71.4 Å². The van der Waals surface area contributed by atoms with Gasteiger partial charge in [0.2, 0.25) is 0 Å². The molecule has 0 fully saturated rings. The number of ether oxygens (including phenoxy) is 1. The summed E-state index contributed by atoms with van der Waals surface area (Å²) in [5.74, 6) is 0.353. The van der Waals surface area contributed by atoms with Gasteiger partial charge < -0.3 is 19.8 Å². The Labute approximate surface area is 199 Å². The number of nitrogens with zero attached hydrogens (tertiary/aromatic N) is 1. The maximum atomic E-state index is 12.8. The third-order valence-electron chi connectivity index (χ3n) is 5.68. The van der Waals surface area contributed by atoms with Crippen molar-refractivity contribution in [1.82, 2.24) is 10.2 Å². The van der Waals surface area contributed by atoms with Gasteiger partial charge in [-0.1, -0.05) is 13.8 Å². The summed E-state index contributed by atoms with van der Waals surface area (Å²) in [6.07, 6.45) is 2.76. The number of hydrogen-bond donors (Lipinski definition) is 2. The summed E-state index contributed by atoms with van der Waals surface area (Å²) in [5.41, 5.74) is 3.91. The van der Waals surface area contributed by atoms with Crippen molar-refractivity contribution in [1.29, 1.82) is 0 Å². The number of aryl methyl sites for hydroxylation is 2. The van der Waals surface area contributed by atoms with Crippen molar-refractivity contribution in [3.05, 3.63) is 50.2 Å². The molecule has 2 heterocycles. The van der Waals surface area contributed by atoms with Crippen LogP contribution in [0.5, 0.6) is 5.75 Å². The highest BCUT2D eigenvalue weighted by Gasteiger charge is 2.27.